The van der Waals surface area contributed by atoms with Gasteiger partial charge >= 0.3 is 0 Å². The van der Waals surface area contributed by atoms with E-state index in [9.17, 15) is 25.0 Å². The number of amides is 1. The zero-order valence-electron chi connectivity index (χ0n) is 15.1. The third-order valence-corrected chi connectivity index (χ3v) is 3.73. The van der Waals surface area contributed by atoms with Crippen molar-refractivity contribution >= 4 is 17.3 Å². The van der Waals surface area contributed by atoms with Gasteiger partial charge in [0.1, 0.15) is 11.5 Å². The third-order valence-electron chi connectivity index (χ3n) is 3.73. The minimum atomic E-state index is -0.722. The molecule has 1 amide bonds. The molecule has 0 aliphatic rings. The monoisotopic (exact) mass is 389 g/mol. The second kappa shape index (κ2) is 9.97. The van der Waals surface area contributed by atoms with Gasteiger partial charge in [0.15, 0.2) is 0 Å². The lowest BCUT2D eigenvalue weighted by atomic mass is 10.1. The van der Waals surface area contributed by atoms with Crippen molar-refractivity contribution in [2.75, 3.05) is 20.3 Å². The van der Waals surface area contributed by atoms with Gasteiger partial charge in [-0.25, -0.2) is 0 Å². The van der Waals surface area contributed by atoms with E-state index in [1.807, 2.05) is 0 Å². The van der Waals surface area contributed by atoms with E-state index in [1.165, 1.54) is 0 Å². The molecule has 0 bridgehead atoms. The van der Waals surface area contributed by atoms with Crippen LogP contribution in [0.2, 0.25) is 0 Å². The van der Waals surface area contributed by atoms with Crippen molar-refractivity contribution in [3.05, 3.63) is 68.3 Å². The van der Waals surface area contributed by atoms with Crippen LogP contribution in [0, 0.1) is 20.2 Å². The Bertz CT molecular complexity index is 821. The molecule has 0 saturated heterocycles. The van der Waals surface area contributed by atoms with E-state index in [4.69, 9.17) is 9.47 Å². The number of nitrogens with one attached hydrogen (secondary N) is 1. The SMILES string of the molecule is COCCNC(=O)CCc1ccc(Oc2cc([N+](=O)[O-])cc([N+](=O)[O-])c2)cc1. The van der Waals surface area contributed by atoms with Crippen LogP contribution in [0.25, 0.3) is 0 Å². The first kappa shape index (κ1) is 20.8. The molecule has 28 heavy (non-hydrogen) atoms. The van der Waals surface area contributed by atoms with Crippen LogP contribution in [0.1, 0.15) is 12.0 Å². The number of benzene rings is 2. The van der Waals surface area contributed by atoms with Gasteiger partial charge in [-0.1, -0.05) is 12.1 Å². The molecule has 0 unspecified atom stereocenters. The van der Waals surface area contributed by atoms with E-state index >= 15 is 0 Å². The number of nitro benzene ring substituents is 2. The van der Waals surface area contributed by atoms with E-state index in [1.54, 1.807) is 31.4 Å². The van der Waals surface area contributed by atoms with E-state index in [0.29, 0.717) is 31.7 Å². The summed E-state index contributed by atoms with van der Waals surface area (Å²) in [5.41, 5.74) is 0.0416. The number of rotatable bonds is 10. The lowest BCUT2D eigenvalue weighted by Crippen LogP contribution is -2.27. The Labute approximate surface area is 160 Å². The number of carbonyl (C=O) groups is 1. The fourth-order valence-corrected chi connectivity index (χ4v) is 2.34. The van der Waals surface area contributed by atoms with Gasteiger partial charge in [0.2, 0.25) is 5.91 Å². The zero-order chi connectivity index (χ0) is 20.5. The number of nitrogens with zero attached hydrogens (tertiary/aromatic N) is 2. The molecule has 2 rings (SSSR count). The number of hydrogen-bond acceptors (Lipinski definition) is 7. The molecule has 0 radical (unpaired) electrons. The molecule has 0 aliphatic heterocycles. The molecule has 2 aromatic rings. The molecule has 0 aromatic heterocycles. The maximum Gasteiger partial charge on any atom is 0.280 e. The molecule has 10 heteroatoms. The molecule has 148 valence electrons. The van der Waals surface area contributed by atoms with Gasteiger partial charge in [0.25, 0.3) is 11.4 Å². The summed E-state index contributed by atoms with van der Waals surface area (Å²) >= 11 is 0. The number of carbonyl (C=O) groups excluding carboxylic acids is 1. The Morgan fingerprint density at radius 2 is 1.61 bits per heavy atom. The summed E-state index contributed by atoms with van der Waals surface area (Å²) in [5, 5.41) is 24.6. The highest BCUT2D eigenvalue weighted by Crippen LogP contribution is 2.30. The Balaban J connectivity index is 1.99. The predicted molar refractivity (Wildman–Crippen MR) is 99.5 cm³/mol. The van der Waals surface area contributed by atoms with Crippen molar-refractivity contribution in [1.29, 1.82) is 0 Å². The first-order chi connectivity index (χ1) is 13.4. The van der Waals surface area contributed by atoms with Gasteiger partial charge in [-0.05, 0) is 24.1 Å². The number of hydrogen-bond donors (Lipinski definition) is 1. The number of aryl methyl sites for hydroxylation is 1. The fraction of sp³-hybridized carbons (Fsp3) is 0.278. The van der Waals surface area contributed by atoms with Gasteiger partial charge in [-0.2, -0.15) is 0 Å². The quantitative estimate of drug-likeness (QED) is 0.375. The highest BCUT2D eigenvalue weighted by molar-refractivity contribution is 5.76. The minimum Gasteiger partial charge on any atom is -0.457 e. The maximum atomic E-state index is 11.7. The average Bonchev–Trinajstić information content (AvgIpc) is 2.67. The van der Waals surface area contributed by atoms with Crippen LogP contribution in [0.3, 0.4) is 0 Å². The number of ether oxygens (including phenoxy) is 2. The number of non-ortho nitro benzene ring substituents is 2. The first-order valence-electron chi connectivity index (χ1n) is 8.35. The summed E-state index contributed by atoms with van der Waals surface area (Å²) in [6.07, 6.45) is 0.850. The minimum absolute atomic E-state index is 0.00818. The van der Waals surface area contributed by atoms with E-state index < -0.39 is 21.2 Å². The van der Waals surface area contributed by atoms with Crippen molar-refractivity contribution in [1.82, 2.24) is 5.32 Å². The van der Waals surface area contributed by atoms with Gasteiger partial charge in [-0.15, -0.1) is 0 Å². The molecule has 0 saturated carbocycles. The smallest absolute Gasteiger partial charge is 0.280 e. The van der Waals surface area contributed by atoms with E-state index in [0.717, 1.165) is 23.8 Å². The van der Waals surface area contributed by atoms with Crippen LogP contribution in [-0.4, -0.2) is 36.0 Å². The number of nitro groups is 2. The van der Waals surface area contributed by atoms with Crippen molar-refractivity contribution in [2.45, 2.75) is 12.8 Å². The van der Waals surface area contributed by atoms with Gasteiger partial charge < -0.3 is 14.8 Å². The lowest BCUT2D eigenvalue weighted by molar-refractivity contribution is -0.394. The van der Waals surface area contributed by atoms with E-state index in [-0.39, 0.29) is 11.7 Å². The van der Waals surface area contributed by atoms with Gasteiger partial charge in [-0.3, -0.25) is 25.0 Å². The Hall–Kier alpha value is -3.53. The summed E-state index contributed by atoms with van der Waals surface area (Å²) < 4.78 is 10.4. The van der Waals surface area contributed by atoms with Crippen LogP contribution in [0.5, 0.6) is 11.5 Å². The second-order valence-corrected chi connectivity index (χ2v) is 5.79. The van der Waals surface area contributed by atoms with Crippen LogP contribution >= 0.6 is 0 Å². The summed E-state index contributed by atoms with van der Waals surface area (Å²) in [5.74, 6) is 0.274. The topological polar surface area (TPSA) is 134 Å². The van der Waals surface area contributed by atoms with Crippen molar-refractivity contribution in [3.63, 3.8) is 0 Å². The molecule has 1 N–H and O–H groups in total. The standard InChI is InChI=1S/C18H19N3O7/c1-27-9-8-19-18(22)7-4-13-2-5-16(6-3-13)28-17-11-14(20(23)24)10-15(12-17)21(25)26/h2-3,5-6,10-12H,4,7-9H2,1H3,(H,19,22). The largest absolute Gasteiger partial charge is 0.457 e. The molecule has 2 aromatic carbocycles. The Morgan fingerprint density at radius 3 is 2.14 bits per heavy atom. The zero-order valence-corrected chi connectivity index (χ0v) is 15.1. The summed E-state index contributed by atoms with van der Waals surface area (Å²) in [6.45, 7) is 0.908. The lowest BCUT2D eigenvalue weighted by Gasteiger charge is -2.08. The molecular weight excluding hydrogens is 370 g/mol. The van der Waals surface area contributed by atoms with Gasteiger partial charge in [0.05, 0.1) is 34.7 Å². The molecular formula is C18H19N3O7. The van der Waals surface area contributed by atoms with Crippen LogP contribution in [-0.2, 0) is 16.0 Å². The van der Waals surface area contributed by atoms with Crippen molar-refractivity contribution in [3.8, 4) is 11.5 Å². The predicted octanol–water partition coefficient (Wildman–Crippen LogP) is 2.99. The number of methoxy groups -OCH3 is 1. The first-order valence-corrected chi connectivity index (χ1v) is 8.35. The molecule has 0 aliphatic carbocycles. The maximum absolute atomic E-state index is 11.7. The Kier molecular flexibility index (Phi) is 7.40. The highest BCUT2D eigenvalue weighted by Gasteiger charge is 2.17. The molecule has 0 fully saturated rings. The molecule has 0 spiro atoms. The van der Waals surface area contributed by atoms with Crippen LogP contribution < -0.4 is 10.1 Å². The third kappa shape index (κ3) is 6.32. The van der Waals surface area contributed by atoms with Crippen molar-refractivity contribution < 1.29 is 24.1 Å². The molecule has 0 atom stereocenters. The van der Waals surface area contributed by atoms with Crippen molar-refractivity contribution in [2.24, 2.45) is 0 Å². The second-order valence-electron chi connectivity index (χ2n) is 5.79. The average molecular weight is 389 g/mol. The summed E-state index contributed by atoms with van der Waals surface area (Å²) in [7, 11) is 1.56. The molecule has 10 nitrogen and oxygen atoms in total. The molecule has 0 heterocycles. The fourth-order valence-electron chi connectivity index (χ4n) is 2.34. The Morgan fingerprint density at radius 1 is 1.00 bits per heavy atom. The summed E-state index contributed by atoms with van der Waals surface area (Å²) in [6, 6.07) is 9.86. The summed E-state index contributed by atoms with van der Waals surface area (Å²) in [4.78, 5) is 32.1. The van der Waals surface area contributed by atoms with Gasteiger partial charge in [0, 0.05) is 20.1 Å². The van der Waals surface area contributed by atoms with Crippen LogP contribution in [0.4, 0.5) is 11.4 Å². The normalized spacial score (nSPS) is 10.3. The van der Waals surface area contributed by atoms with E-state index in [2.05, 4.69) is 5.32 Å². The highest BCUT2D eigenvalue weighted by atomic mass is 16.6. The van der Waals surface area contributed by atoms with Crippen LogP contribution in [0.15, 0.2) is 42.5 Å².